The number of carbonyl (C=O) groups is 1. The van der Waals surface area contributed by atoms with Gasteiger partial charge in [0.2, 0.25) is 0 Å². The van der Waals surface area contributed by atoms with E-state index in [2.05, 4.69) is 22.2 Å². The summed E-state index contributed by atoms with van der Waals surface area (Å²) in [5.74, 6) is 0.327. The van der Waals surface area contributed by atoms with Crippen molar-refractivity contribution in [3.63, 3.8) is 0 Å². The molecule has 2 aromatic heterocycles. The summed E-state index contributed by atoms with van der Waals surface area (Å²) >= 11 is 0. The summed E-state index contributed by atoms with van der Waals surface area (Å²) in [5.41, 5.74) is 2.39. The maximum absolute atomic E-state index is 11.4. The van der Waals surface area contributed by atoms with E-state index in [4.69, 9.17) is 0 Å². The van der Waals surface area contributed by atoms with Gasteiger partial charge in [-0.15, -0.1) is 5.10 Å². The maximum atomic E-state index is 11.4. The van der Waals surface area contributed by atoms with E-state index >= 15 is 0 Å². The van der Waals surface area contributed by atoms with Crippen LogP contribution in [0.1, 0.15) is 47.6 Å². The summed E-state index contributed by atoms with van der Waals surface area (Å²) in [6, 6.07) is 3.69. The zero-order chi connectivity index (χ0) is 16.0. The van der Waals surface area contributed by atoms with Crippen LogP contribution in [0.3, 0.4) is 0 Å². The highest BCUT2D eigenvalue weighted by atomic mass is 16.4. The van der Waals surface area contributed by atoms with Crippen molar-refractivity contribution < 1.29 is 9.90 Å². The molecule has 4 rings (SSSR count). The van der Waals surface area contributed by atoms with Gasteiger partial charge in [0.1, 0.15) is 11.4 Å². The van der Waals surface area contributed by atoms with Crippen LogP contribution in [0.25, 0.3) is 0 Å². The molecule has 1 N–H and O–H groups in total. The van der Waals surface area contributed by atoms with Gasteiger partial charge in [0, 0.05) is 19.2 Å². The Hall–Kier alpha value is -2.44. The number of nitrogens with zero attached hydrogens (tertiary/aromatic N) is 5. The molecule has 0 aromatic carbocycles. The Kier molecular flexibility index (Phi) is 3.28. The molecule has 0 radical (unpaired) electrons. The predicted octanol–water partition coefficient (Wildman–Crippen LogP) is 1.91. The van der Waals surface area contributed by atoms with Crippen LogP contribution in [-0.4, -0.2) is 37.6 Å². The van der Waals surface area contributed by atoms with Gasteiger partial charge in [-0.3, -0.25) is 0 Å². The molecule has 0 spiro atoms. The van der Waals surface area contributed by atoms with Crippen LogP contribution in [0.4, 0.5) is 5.82 Å². The number of aromatic nitrogens is 4. The molecule has 1 aliphatic heterocycles. The number of carboxylic acids is 1. The smallest absolute Gasteiger partial charge is 0.339 e. The minimum absolute atomic E-state index is 0.243. The lowest BCUT2D eigenvalue weighted by Crippen LogP contribution is -2.35. The molecule has 1 fully saturated rings. The first-order chi connectivity index (χ1) is 11.1. The number of rotatable bonds is 3. The molecule has 0 bridgehead atoms. The molecule has 23 heavy (non-hydrogen) atoms. The number of hydrogen-bond acceptors (Lipinski definition) is 5. The molecule has 0 unspecified atom stereocenters. The van der Waals surface area contributed by atoms with Crippen molar-refractivity contribution in [1.82, 2.24) is 20.0 Å². The van der Waals surface area contributed by atoms with Gasteiger partial charge in [0.25, 0.3) is 0 Å². The minimum atomic E-state index is -0.946. The maximum Gasteiger partial charge on any atom is 0.339 e. The van der Waals surface area contributed by atoms with Crippen LogP contribution in [0, 0.1) is 5.92 Å². The SMILES string of the molecule is CC1CC(n2nnc3c2CN(c2ncccc2C(=O)O)CC3)C1. The molecule has 3 heterocycles. The largest absolute Gasteiger partial charge is 0.478 e. The summed E-state index contributed by atoms with van der Waals surface area (Å²) in [4.78, 5) is 17.7. The first-order valence-electron chi connectivity index (χ1n) is 7.99. The van der Waals surface area contributed by atoms with Crippen LogP contribution < -0.4 is 4.90 Å². The van der Waals surface area contributed by atoms with Gasteiger partial charge in [-0.05, 0) is 30.9 Å². The van der Waals surface area contributed by atoms with Gasteiger partial charge in [-0.2, -0.15) is 0 Å². The molecule has 1 aliphatic carbocycles. The fraction of sp³-hybridized carbons (Fsp3) is 0.500. The van der Waals surface area contributed by atoms with E-state index < -0.39 is 5.97 Å². The molecule has 2 aromatic rings. The van der Waals surface area contributed by atoms with E-state index in [1.165, 1.54) is 0 Å². The summed E-state index contributed by atoms with van der Waals surface area (Å²) < 4.78 is 2.05. The third kappa shape index (κ3) is 2.36. The van der Waals surface area contributed by atoms with E-state index in [9.17, 15) is 9.90 Å². The van der Waals surface area contributed by atoms with E-state index in [1.54, 1.807) is 18.3 Å². The highest BCUT2D eigenvalue weighted by Crippen LogP contribution is 2.38. The van der Waals surface area contributed by atoms with Crippen molar-refractivity contribution in [3.8, 4) is 0 Å². The number of pyridine rings is 1. The van der Waals surface area contributed by atoms with Gasteiger partial charge in [-0.25, -0.2) is 14.5 Å². The van der Waals surface area contributed by atoms with Crippen LogP contribution in [0.2, 0.25) is 0 Å². The Morgan fingerprint density at radius 1 is 1.39 bits per heavy atom. The highest BCUT2D eigenvalue weighted by Gasteiger charge is 2.33. The van der Waals surface area contributed by atoms with Gasteiger partial charge in [0.05, 0.1) is 24.0 Å². The third-order valence-electron chi connectivity index (χ3n) is 4.84. The molecule has 2 aliphatic rings. The molecular formula is C16H19N5O2. The Bertz CT molecular complexity index is 751. The summed E-state index contributed by atoms with van der Waals surface area (Å²) in [6.07, 6.45) is 4.69. The standard InChI is InChI=1S/C16H19N5O2/c1-10-7-11(8-10)21-14-9-20(6-4-13(14)18-19-21)15-12(16(22)23)3-2-5-17-15/h2-3,5,10-11H,4,6-9H2,1H3,(H,22,23). The van der Waals surface area contributed by atoms with Crippen molar-refractivity contribution >= 4 is 11.8 Å². The highest BCUT2D eigenvalue weighted by molar-refractivity contribution is 5.93. The zero-order valence-corrected chi connectivity index (χ0v) is 13.0. The fourth-order valence-electron chi connectivity index (χ4n) is 3.55. The summed E-state index contributed by atoms with van der Waals surface area (Å²) in [6.45, 7) is 3.58. The fourth-order valence-corrected chi connectivity index (χ4v) is 3.55. The van der Waals surface area contributed by atoms with E-state index in [0.29, 0.717) is 24.9 Å². The lowest BCUT2D eigenvalue weighted by molar-refractivity contribution is 0.0697. The monoisotopic (exact) mass is 313 g/mol. The second-order valence-corrected chi connectivity index (χ2v) is 6.51. The molecule has 7 heteroatoms. The van der Waals surface area contributed by atoms with Crippen LogP contribution in [-0.2, 0) is 13.0 Å². The quantitative estimate of drug-likeness (QED) is 0.932. The van der Waals surface area contributed by atoms with E-state index in [0.717, 1.165) is 36.6 Å². The molecule has 1 saturated carbocycles. The lowest BCUT2D eigenvalue weighted by atomic mass is 9.82. The van der Waals surface area contributed by atoms with Crippen molar-refractivity contribution in [1.29, 1.82) is 0 Å². The molecule has 120 valence electrons. The van der Waals surface area contributed by atoms with E-state index in [-0.39, 0.29) is 5.56 Å². The first kappa shape index (κ1) is 14.2. The lowest BCUT2D eigenvalue weighted by Gasteiger charge is -2.35. The average Bonchev–Trinajstić information content (AvgIpc) is 2.94. The molecule has 0 amide bonds. The second-order valence-electron chi connectivity index (χ2n) is 6.51. The van der Waals surface area contributed by atoms with Crippen molar-refractivity contribution in [2.45, 2.75) is 38.8 Å². The van der Waals surface area contributed by atoms with Gasteiger partial charge >= 0.3 is 5.97 Å². The van der Waals surface area contributed by atoms with Gasteiger partial charge < -0.3 is 10.0 Å². The van der Waals surface area contributed by atoms with Crippen LogP contribution in [0.15, 0.2) is 18.3 Å². The molecule has 7 nitrogen and oxygen atoms in total. The predicted molar refractivity (Wildman–Crippen MR) is 83.4 cm³/mol. The molecule has 0 atom stereocenters. The Balaban J connectivity index is 1.64. The van der Waals surface area contributed by atoms with Crippen molar-refractivity contribution in [2.24, 2.45) is 5.92 Å². The molecular weight excluding hydrogens is 294 g/mol. The Morgan fingerprint density at radius 2 is 2.22 bits per heavy atom. The zero-order valence-electron chi connectivity index (χ0n) is 13.0. The van der Waals surface area contributed by atoms with Crippen LogP contribution >= 0.6 is 0 Å². The average molecular weight is 313 g/mol. The Labute approximate surface area is 133 Å². The summed E-state index contributed by atoms with van der Waals surface area (Å²) in [5, 5.41) is 18.0. The number of fused-ring (bicyclic) bond motifs is 1. The minimum Gasteiger partial charge on any atom is -0.478 e. The first-order valence-corrected chi connectivity index (χ1v) is 7.99. The third-order valence-corrected chi connectivity index (χ3v) is 4.84. The van der Waals surface area contributed by atoms with Gasteiger partial charge in [-0.1, -0.05) is 12.1 Å². The van der Waals surface area contributed by atoms with Crippen LogP contribution in [0.5, 0.6) is 0 Å². The Morgan fingerprint density at radius 3 is 2.96 bits per heavy atom. The van der Waals surface area contributed by atoms with Gasteiger partial charge in [0.15, 0.2) is 0 Å². The molecule has 0 saturated heterocycles. The number of carboxylic acid groups (broad SMARTS) is 1. The van der Waals surface area contributed by atoms with E-state index in [1.807, 2.05) is 9.58 Å². The number of hydrogen-bond donors (Lipinski definition) is 1. The van der Waals surface area contributed by atoms with Crippen molar-refractivity contribution in [3.05, 3.63) is 35.3 Å². The summed E-state index contributed by atoms with van der Waals surface area (Å²) in [7, 11) is 0. The number of anilines is 1. The van der Waals surface area contributed by atoms with Crippen molar-refractivity contribution in [2.75, 3.05) is 11.4 Å². The number of aromatic carboxylic acids is 1. The topological polar surface area (TPSA) is 84.1 Å². The normalized spacial score (nSPS) is 23.3. The second kappa shape index (κ2) is 5.33.